The number of amides is 2. The van der Waals surface area contributed by atoms with Crippen molar-refractivity contribution in [2.75, 3.05) is 41.4 Å². The molecule has 6 aromatic rings. The minimum atomic E-state index is -4.00. The van der Waals surface area contributed by atoms with Gasteiger partial charge in [-0.1, -0.05) is 103 Å². The van der Waals surface area contributed by atoms with Gasteiger partial charge < -0.3 is 38.5 Å². The molecular weight excluding hydrogens is 822 g/mol. The minimum Gasteiger partial charge on any atom is -0.461 e. The molecule has 1 aromatic heterocycles. The summed E-state index contributed by atoms with van der Waals surface area (Å²) in [5.41, 5.74) is 4.30. The van der Waals surface area contributed by atoms with E-state index in [-0.39, 0.29) is 51.1 Å². The van der Waals surface area contributed by atoms with Crippen molar-refractivity contribution in [2.45, 2.75) is 52.9 Å². The Balaban J connectivity index is 1.08. The molecule has 0 saturated heterocycles. The topological polar surface area (TPSA) is 163 Å². The molecular formula is C49H52N3O10P. The van der Waals surface area contributed by atoms with Crippen molar-refractivity contribution in [1.82, 2.24) is 0 Å². The molecule has 2 atom stereocenters. The Morgan fingerprint density at radius 1 is 0.683 bits per heavy atom. The smallest absolute Gasteiger partial charge is 0.360 e. The second-order valence-corrected chi connectivity index (χ2v) is 16.8. The quantitative estimate of drug-likeness (QED) is 0.0379. The molecule has 0 fully saturated rings. The molecule has 0 spiro atoms. The maximum atomic E-state index is 14.6. The molecule has 0 saturated carbocycles. The number of rotatable bonds is 22. The summed E-state index contributed by atoms with van der Waals surface area (Å²) in [6, 6.07) is 41.1. The molecule has 0 bridgehead atoms. The molecule has 63 heavy (non-hydrogen) atoms. The lowest BCUT2D eigenvalue weighted by molar-refractivity contribution is -0.150. The third kappa shape index (κ3) is 14.3. The van der Waals surface area contributed by atoms with Gasteiger partial charge in [0, 0.05) is 42.3 Å². The van der Waals surface area contributed by atoms with Gasteiger partial charge in [-0.3, -0.25) is 14.2 Å². The number of esters is 2. The van der Waals surface area contributed by atoms with Crippen LogP contribution in [0.1, 0.15) is 48.9 Å². The molecule has 2 N–H and O–H groups in total. The molecule has 2 amide bonds. The lowest BCUT2D eigenvalue weighted by Gasteiger charge is -2.23. The van der Waals surface area contributed by atoms with E-state index in [1.165, 1.54) is 0 Å². The van der Waals surface area contributed by atoms with E-state index >= 15 is 0 Å². The zero-order valence-electron chi connectivity index (χ0n) is 35.4. The standard InChI is InChI=1S/C49H52N3O10P/c1-3-52(4-2)43-26-22-40-30-44(48(55)62-45(40)31-43)51-49(56)50-42-24-20-36(21-25-42)28-29-60-63(57,61-34-39-18-12-7-13-19-39)35-41(47(54)59-33-38-16-10-6-11-17-38)23-27-46(53)58-32-37-14-8-5-9-15-37/h5-22,24-26,30-31,41H,3-4,23,27-29,32-35H2,1-2H3,(H2,50,51,56)/t41-,63?/m1/s1. The van der Waals surface area contributed by atoms with Crippen LogP contribution in [0.15, 0.2) is 149 Å². The normalized spacial score (nSPS) is 12.5. The largest absolute Gasteiger partial charge is 0.461 e. The van der Waals surface area contributed by atoms with Crippen LogP contribution < -0.4 is 21.2 Å². The number of carbonyl (C=O) groups is 3. The van der Waals surface area contributed by atoms with Crippen LogP contribution in [-0.4, -0.2) is 43.8 Å². The van der Waals surface area contributed by atoms with Gasteiger partial charge in [0.05, 0.1) is 25.3 Å². The Kier molecular flexibility index (Phi) is 16.8. The Labute approximate surface area is 366 Å². The molecule has 6 rings (SSSR count). The van der Waals surface area contributed by atoms with E-state index in [1.54, 1.807) is 30.3 Å². The predicted octanol–water partition coefficient (Wildman–Crippen LogP) is 10.1. The highest BCUT2D eigenvalue weighted by molar-refractivity contribution is 7.53. The average molecular weight is 874 g/mol. The zero-order valence-corrected chi connectivity index (χ0v) is 36.3. The molecule has 14 heteroatoms. The number of ether oxygens (including phenoxy) is 2. The number of hydrogen-bond donors (Lipinski definition) is 2. The van der Waals surface area contributed by atoms with Crippen LogP contribution in [0.2, 0.25) is 0 Å². The lowest BCUT2D eigenvalue weighted by Crippen LogP contribution is -2.24. The lowest BCUT2D eigenvalue weighted by atomic mass is 10.1. The first-order chi connectivity index (χ1) is 30.6. The van der Waals surface area contributed by atoms with Crippen molar-refractivity contribution in [3.8, 4) is 0 Å². The van der Waals surface area contributed by atoms with Crippen LogP contribution in [-0.2, 0) is 58.9 Å². The van der Waals surface area contributed by atoms with E-state index in [2.05, 4.69) is 15.5 Å². The molecule has 0 aliphatic carbocycles. The molecule has 1 heterocycles. The summed E-state index contributed by atoms with van der Waals surface area (Å²) in [6.07, 6.45) is -0.143. The third-order valence-corrected chi connectivity index (χ3v) is 12.2. The Bertz CT molecular complexity index is 2520. The van der Waals surface area contributed by atoms with E-state index in [4.69, 9.17) is 22.9 Å². The van der Waals surface area contributed by atoms with Crippen LogP contribution in [0.3, 0.4) is 0 Å². The molecule has 0 aliphatic rings. The minimum absolute atomic E-state index is 0.00189. The van der Waals surface area contributed by atoms with Crippen molar-refractivity contribution in [1.29, 1.82) is 0 Å². The number of nitrogens with one attached hydrogen (secondary N) is 2. The number of nitrogens with zero attached hydrogens (tertiary/aromatic N) is 1. The Hall–Kier alpha value is -6.53. The van der Waals surface area contributed by atoms with E-state index in [9.17, 15) is 23.7 Å². The number of anilines is 3. The number of hydrogen-bond acceptors (Lipinski definition) is 11. The van der Waals surface area contributed by atoms with Crippen LogP contribution >= 0.6 is 7.60 Å². The summed E-state index contributed by atoms with van der Waals surface area (Å²) < 4.78 is 43.3. The van der Waals surface area contributed by atoms with Gasteiger partial charge in [0.25, 0.3) is 0 Å². The van der Waals surface area contributed by atoms with Gasteiger partial charge in [-0.25, -0.2) is 9.59 Å². The van der Waals surface area contributed by atoms with Gasteiger partial charge in [-0.05, 0) is 79.3 Å². The highest BCUT2D eigenvalue weighted by Gasteiger charge is 2.35. The van der Waals surface area contributed by atoms with Crippen molar-refractivity contribution in [3.63, 3.8) is 0 Å². The summed E-state index contributed by atoms with van der Waals surface area (Å²) in [5.74, 6) is -2.16. The highest BCUT2D eigenvalue weighted by atomic mass is 31.2. The summed E-state index contributed by atoms with van der Waals surface area (Å²) >= 11 is 0. The third-order valence-electron chi connectivity index (χ3n) is 10.2. The van der Waals surface area contributed by atoms with Crippen LogP contribution in [0.5, 0.6) is 0 Å². The van der Waals surface area contributed by atoms with E-state index in [1.807, 2.05) is 123 Å². The van der Waals surface area contributed by atoms with Crippen molar-refractivity contribution < 1.29 is 41.9 Å². The van der Waals surface area contributed by atoms with Crippen LogP contribution in [0.4, 0.5) is 21.9 Å². The molecule has 0 radical (unpaired) electrons. The fraction of sp³-hybridized carbons (Fsp3) is 0.265. The van der Waals surface area contributed by atoms with Gasteiger partial charge in [0.1, 0.15) is 24.5 Å². The highest BCUT2D eigenvalue weighted by Crippen LogP contribution is 2.51. The number of carbonyl (C=O) groups excluding carboxylic acids is 3. The zero-order chi connectivity index (χ0) is 44.4. The first kappa shape index (κ1) is 46.0. The molecule has 328 valence electrons. The molecule has 0 aliphatic heterocycles. The van der Waals surface area contributed by atoms with Crippen molar-refractivity contribution >= 4 is 53.6 Å². The molecule has 1 unspecified atom stereocenters. The number of fused-ring (bicyclic) bond motifs is 1. The van der Waals surface area contributed by atoms with Crippen molar-refractivity contribution in [2.24, 2.45) is 5.92 Å². The van der Waals surface area contributed by atoms with E-state index in [0.29, 0.717) is 23.1 Å². The van der Waals surface area contributed by atoms with Crippen molar-refractivity contribution in [3.05, 3.63) is 172 Å². The molecule has 13 nitrogen and oxygen atoms in total. The van der Waals surface area contributed by atoms with Crippen LogP contribution in [0, 0.1) is 5.92 Å². The van der Waals surface area contributed by atoms with Gasteiger partial charge in [0.15, 0.2) is 0 Å². The number of urea groups is 1. The molecule has 5 aromatic carbocycles. The second-order valence-electron chi connectivity index (χ2n) is 14.7. The predicted molar refractivity (Wildman–Crippen MR) is 244 cm³/mol. The summed E-state index contributed by atoms with van der Waals surface area (Å²) in [5, 5.41) is 5.97. The van der Waals surface area contributed by atoms with Crippen LogP contribution in [0.25, 0.3) is 11.0 Å². The van der Waals surface area contributed by atoms with E-state index < -0.39 is 37.1 Å². The fourth-order valence-corrected chi connectivity index (χ4v) is 8.58. The monoisotopic (exact) mass is 873 g/mol. The van der Waals surface area contributed by atoms with Gasteiger partial charge in [0.2, 0.25) is 0 Å². The maximum absolute atomic E-state index is 14.6. The van der Waals surface area contributed by atoms with Gasteiger partial charge in [-0.2, -0.15) is 0 Å². The first-order valence-electron chi connectivity index (χ1n) is 20.9. The van der Waals surface area contributed by atoms with Gasteiger partial charge in [-0.15, -0.1) is 0 Å². The summed E-state index contributed by atoms with van der Waals surface area (Å²) in [6.45, 7) is 5.72. The average Bonchev–Trinajstić information content (AvgIpc) is 3.30. The van der Waals surface area contributed by atoms with E-state index in [0.717, 1.165) is 41.0 Å². The summed E-state index contributed by atoms with van der Waals surface area (Å²) in [4.78, 5) is 54.3. The Morgan fingerprint density at radius 3 is 1.90 bits per heavy atom. The second kappa shape index (κ2) is 23.1. The SMILES string of the molecule is CCN(CC)c1ccc2cc(NC(=O)Nc3ccc(CCOP(=O)(C[C@@H](CCC(=O)OCc4ccccc4)C(=O)OCc4ccccc4)OCc4ccccc4)cc3)c(=O)oc2c1. The summed E-state index contributed by atoms with van der Waals surface area (Å²) in [7, 11) is -4.00. The first-order valence-corrected chi connectivity index (χ1v) is 22.6. The Morgan fingerprint density at radius 2 is 1.29 bits per heavy atom. The van der Waals surface area contributed by atoms with Gasteiger partial charge >= 0.3 is 31.2 Å². The fourth-order valence-electron chi connectivity index (χ4n) is 6.71. The number of benzene rings is 5. The maximum Gasteiger partial charge on any atom is 0.360 e.